The van der Waals surface area contributed by atoms with Crippen LogP contribution in [0.15, 0.2) is 59.0 Å². The highest BCUT2D eigenvalue weighted by atomic mass is 16.4. The Bertz CT molecular complexity index is 1100. The quantitative estimate of drug-likeness (QED) is 0.574. The molecule has 3 aromatic rings. The van der Waals surface area contributed by atoms with E-state index in [1.807, 2.05) is 49.4 Å². The average Bonchev–Trinajstić information content (AvgIpc) is 3.29. The molecule has 2 aromatic carbocycles. The molecule has 1 aliphatic heterocycles. The molecule has 4 rings (SSSR count). The van der Waals surface area contributed by atoms with Crippen molar-refractivity contribution < 1.29 is 18.8 Å². The number of aromatic nitrogens is 1. The number of hydrogen-bond donors (Lipinski definition) is 2. The van der Waals surface area contributed by atoms with Gasteiger partial charge in [-0.1, -0.05) is 42.5 Å². The zero-order valence-electron chi connectivity index (χ0n) is 17.2. The summed E-state index contributed by atoms with van der Waals surface area (Å²) in [5.41, 5.74) is 3.38. The van der Waals surface area contributed by atoms with Gasteiger partial charge in [0.25, 0.3) is 0 Å². The molecule has 7 nitrogen and oxygen atoms in total. The van der Waals surface area contributed by atoms with Gasteiger partial charge in [-0.05, 0) is 31.0 Å². The molecule has 1 fully saturated rings. The number of aryl methyl sites for hydroxylation is 2. The predicted molar refractivity (Wildman–Crippen MR) is 115 cm³/mol. The van der Waals surface area contributed by atoms with E-state index in [0.29, 0.717) is 24.4 Å². The Balaban J connectivity index is 1.29. The summed E-state index contributed by atoms with van der Waals surface area (Å²) < 4.78 is 5.85. The normalized spacial score (nSPS) is 15.7. The summed E-state index contributed by atoms with van der Waals surface area (Å²) in [6, 6.07) is 17.1. The smallest absolute Gasteiger partial charge is 0.230 e. The van der Waals surface area contributed by atoms with Crippen LogP contribution in [0.25, 0.3) is 11.3 Å². The summed E-state index contributed by atoms with van der Waals surface area (Å²) >= 11 is 0. The van der Waals surface area contributed by atoms with Crippen molar-refractivity contribution in [3.05, 3.63) is 71.7 Å². The zero-order valence-corrected chi connectivity index (χ0v) is 17.2. The molecule has 31 heavy (non-hydrogen) atoms. The van der Waals surface area contributed by atoms with E-state index in [9.17, 15) is 14.4 Å². The van der Waals surface area contributed by atoms with E-state index in [-0.39, 0.29) is 36.5 Å². The zero-order chi connectivity index (χ0) is 21.8. The molecule has 1 atom stereocenters. The molecule has 0 radical (unpaired) electrons. The van der Waals surface area contributed by atoms with Crippen LogP contribution in [0.5, 0.6) is 0 Å². The number of oxazole rings is 1. The topological polar surface area (TPSA) is 101 Å². The van der Waals surface area contributed by atoms with Gasteiger partial charge < -0.3 is 9.73 Å². The standard InChI is InChI=1S/C24H23N3O4/c1-15-23(17-5-3-2-4-6-17)31-22(25-15)12-11-20(28)26-19-9-7-16(8-10-19)13-18-14-21(29)27-24(18)30/h2-10,18H,11-14H2,1H3,(H,26,28)(H,27,29,30). The van der Waals surface area contributed by atoms with Crippen molar-refractivity contribution in [2.75, 3.05) is 5.32 Å². The number of imide groups is 1. The molecular weight excluding hydrogens is 394 g/mol. The maximum absolute atomic E-state index is 12.3. The lowest BCUT2D eigenvalue weighted by Gasteiger charge is -2.08. The van der Waals surface area contributed by atoms with Gasteiger partial charge in [0.1, 0.15) is 0 Å². The lowest BCUT2D eigenvalue weighted by atomic mass is 9.98. The summed E-state index contributed by atoms with van der Waals surface area (Å²) in [5, 5.41) is 5.18. The Hall–Kier alpha value is -3.74. The second-order valence-corrected chi connectivity index (χ2v) is 7.65. The fourth-order valence-corrected chi connectivity index (χ4v) is 3.64. The van der Waals surface area contributed by atoms with Gasteiger partial charge in [0.2, 0.25) is 17.7 Å². The van der Waals surface area contributed by atoms with Gasteiger partial charge in [-0.3, -0.25) is 19.7 Å². The first-order chi connectivity index (χ1) is 15.0. The first-order valence-corrected chi connectivity index (χ1v) is 10.2. The van der Waals surface area contributed by atoms with E-state index < -0.39 is 0 Å². The van der Waals surface area contributed by atoms with Crippen LogP contribution in [0.2, 0.25) is 0 Å². The van der Waals surface area contributed by atoms with Gasteiger partial charge in [-0.2, -0.15) is 0 Å². The number of nitrogens with one attached hydrogen (secondary N) is 2. The van der Waals surface area contributed by atoms with Gasteiger partial charge in [0.05, 0.1) is 11.6 Å². The minimum atomic E-state index is -0.321. The molecule has 1 aliphatic rings. The van der Waals surface area contributed by atoms with E-state index in [1.54, 1.807) is 12.1 Å². The van der Waals surface area contributed by atoms with Crippen molar-refractivity contribution in [1.82, 2.24) is 10.3 Å². The lowest BCUT2D eigenvalue weighted by molar-refractivity contribution is -0.125. The van der Waals surface area contributed by atoms with Gasteiger partial charge in [0, 0.05) is 30.5 Å². The molecule has 0 spiro atoms. The number of carbonyl (C=O) groups is 3. The van der Waals surface area contributed by atoms with Crippen molar-refractivity contribution in [1.29, 1.82) is 0 Å². The number of amides is 3. The van der Waals surface area contributed by atoms with Crippen molar-refractivity contribution in [2.45, 2.75) is 32.6 Å². The summed E-state index contributed by atoms with van der Waals surface area (Å²) in [6.07, 6.45) is 1.38. The first kappa shape index (κ1) is 20.5. The number of hydrogen-bond acceptors (Lipinski definition) is 5. The van der Waals surface area contributed by atoms with Crippen LogP contribution in [-0.2, 0) is 27.2 Å². The minimum absolute atomic E-state index is 0.134. The fraction of sp³-hybridized carbons (Fsp3) is 0.250. The predicted octanol–water partition coefficient (Wildman–Crippen LogP) is 3.43. The van der Waals surface area contributed by atoms with Crippen molar-refractivity contribution in [2.24, 2.45) is 5.92 Å². The highest BCUT2D eigenvalue weighted by molar-refractivity contribution is 6.03. The van der Waals surface area contributed by atoms with Gasteiger partial charge in [-0.15, -0.1) is 0 Å². The summed E-state index contributed by atoms with van der Waals surface area (Å²) in [7, 11) is 0. The lowest BCUT2D eigenvalue weighted by Crippen LogP contribution is -2.22. The molecule has 1 saturated heterocycles. The molecule has 7 heteroatoms. The highest BCUT2D eigenvalue weighted by Crippen LogP contribution is 2.25. The largest absolute Gasteiger partial charge is 0.440 e. The SMILES string of the molecule is Cc1nc(CCC(=O)Nc2ccc(CC3CC(=O)NC3=O)cc2)oc1-c1ccccc1. The second kappa shape index (κ2) is 8.95. The monoisotopic (exact) mass is 417 g/mol. The van der Waals surface area contributed by atoms with E-state index in [2.05, 4.69) is 15.6 Å². The Morgan fingerprint density at radius 3 is 2.55 bits per heavy atom. The molecule has 2 N–H and O–H groups in total. The molecule has 3 amide bonds. The van der Waals surface area contributed by atoms with Crippen molar-refractivity contribution in [3.8, 4) is 11.3 Å². The maximum atomic E-state index is 12.3. The molecule has 0 aliphatic carbocycles. The van der Waals surface area contributed by atoms with Crippen LogP contribution < -0.4 is 10.6 Å². The maximum Gasteiger partial charge on any atom is 0.230 e. The Morgan fingerprint density at radius 1 is 1.13 bits per heavy atom. The molecule has 0 saturated carbocycles. The molecule has 2 heterocycles. The molecule has 0 bridgehead atoms. The molecule has 1 unspecified atom stereocenters. The third-order valence-corrected chi connectivity index (χ3v) is 5.23. The van der Waals surface area contributed by atoms with E-state index in [0.717, 1.165) is 22.6 Å². The van der Waals surface area contributed by atoms with Crippen LogP contribution in [-0.4, -0.2) is 22.7 Å². The second-order valence-electron chi connectivity index (χ2n) is 7.65. The molecule has 158 valence electrons. The summed E-state index contributed by atoms with van der Waals surface area (Å²) in [6.45, 7) is 1.89. The summed E-state index contributed by atoms with van der Waals surface area (Å²) in [5.74, 6) is 0.356. The molecule has 1 aromatic heterocycles. The number of rotatable bonds is 7. The Morgan fingerprint density at radius 2 is 1.87 bits per heavy atom. The van der Waals surface area contributed by atoms with E-state index in [4.69, 9.17) is 4.42 Å². The van der Waals surface area contributed by atoms with E-state index >= 15 is 0 Å². The summed E-state index contributed by atoms with van der Waals surface area (Å²) in [4.78, 5) is 39.7. The van der Waals surface area contributed by atoms with Gasteiger partial charge in [-0.25, -0.2) is 4.98 Å². The average molecular weight is 417 g/mol. The fourth-order valence-electron chi connectivity index (χ4n) is 3.64. The van der Waals surface area contributed by atoms with Crippen LogP contribution in [0, 0.1) is 12.8 Å². The molecular formula is C24H23N3O4. The van der Waals surface area contributed by atoms with Crippen molar-refractivity contribution in [3.63, 3.8) is 0 Å². The Labute approximate surface area is 179 Å². The third kappa shape index (κ3) is 5.06. The first-order valence-electron chi connectivity index (χ1n) is 10.2. The number of benzene rings is 2. The van der Waals surface area contributed by atoms with Gasteiger partial charge in [0.15, 0.2) is 11.7 Å². The minimum Gasteiger partial charge on any atom is -0.440 e. The van der Waals surface area contributed by atoms with E-state index in [1.165, 1.54) is 0 Å². The van der Waals surface area contributed by atoms with Crippen molar-refractivity contribution >= 4 is 23.4 Å². The van der Waals surface area contributed by atoms with Crippen LogP contribution in [0.3, 0.4) is 0 Å². The number of anilines is 1. The highest BCUT2D eigenvalue weighted by Gasteiger charge is 2.30. The Kier molecular flexibility index (Phi) is 5.93. The number of carbonyl (C=O) groups excluding carboxylic acids is 3. The van der Waals surface area contributed by atoms with Crippen LogP contribution in [0.1, 0.15) is 30.0 Å². The number of nitrogens with zero attached hydrogens (tertiary/aromatic N) is 1. The van der Waals surface area contributed by atoms with Crippen LogP contribution in [0.4, 0.5) is 5.69 Å². The van der Waals surface area contributed by atoms with Gasteiger partial charge >= 0.3 is 0 Å². The third-order valence-electron chi connectivity index (χ3n) is 5.23. The van der Waals surface area contributed by atoms with Crippen LogP contribution >= 0.6 is 0 Å².